The van der Waals surface area contributed by atoms with Gasteiger partial charge in [0, 0.05) is 27.6 Å². The normalized spacial score (nSPS) is 18.6. The first-order valence-corrected chi connectivity index (χ1v) is 10.7. The van der Waals surface area contributed by atoms with Crippen molar-refractivity contribution in [2.45, 2.75) is 44.1 Å². The standard InChI is InChI=1S/C22H22N2O4S/c1-28-20-12(18-10-14-16(23)3-2-4-17(14)29-18)7-8-24-19(20)13(11-5-6-11)9-15(21(24)25)22(26)27/h7-11,16H,2-6,23H2,1H3,(H,26,27). The molecule has 0 aliphatic heterocycles. The van der Waals surface area contributed by atoms with Crippen molar-refractivity contribution in [2.75, 3.05) is 7.11 Å². The van der Waals surface area contributed by atoms with Crippen LogP contribution < -0.4 is 16.0 Å². The zero-order valence-electron chi connectivity index (χ0n) is 16.1. The van der Waals surface area contributed by atoms with Crippen LogP contribution in [0.1, 0.15) is 64.0 Å². The van der Waals surface area contributed by atoms with E-state index in [1.807, 2.05) is 6.07 Å². The highest BCUT2D eigenvalue weighted by Crippen LogP contribution is 2.47. The number of carboxylic acid groups (broad SMARTS) is 1. The van der Waals surface area contributed by atoms with Gasteiger partial charge in [-0.2, -0.15) is 0 Å². The largest absolute Gasteiger partial charge is 0.494 e. The fourth-order valence-electron chi connectivity index (χ4n) is 4.37. The third kappa shape index (κ3) is 2.88. The molecule has 1 unspecified atom stereocenters. The summed E-state index contributed by atoms with van der Waals surface area (Å²) < 4.78 is 7.24. The van der Waals surface area contributed by atoms with Gasteiger partial charge in [-0.05, 0) is 67.3 Å². The molecule has 0 radical (unpaired) electrons. The zero-order chi connectivity index (χ0) is 20.3. The Bertz CT molecular complexity index is 1210. The molecule has 0 aromatic carbocycles. The van der Waals surface area contributed by atoms with Crippen LogP contribution in [0.3, 0.4) is 0 Å². The third-order valence-corrected chi connectivity index (χ3v) is 7.23. The van der Waals surface area contributed by atoms with Gasteiger partial charge in [0.15, 0.2) is 5.75 Å². The van der Waals surface area contributed by atoms with E-state index in [4.69, 9.17) is 10.5 Å². The molecular formula is C22H22N2O4S. The van der Waals surface area contributed by atoms with Gasteiger partial charge < -0.3 is 15.6 Å². The van der Waals surface area contributed by atoms with Crippen molar-refractivity contribution in [1.29, 1.82) is 0 Å². The van der Waals surface area contributed by atoms with Gasteiger partial charge in [0.05, 0.1) is 12.6 Å². The van der Waals surface area contributed by atoms with Gasteiger partial charge in [-0.25, -0.2) is 4.79 Å². The molecule has 2 aliphatic rings. The highest BCUT2D eigenvalue weighted by molar-refractivity contribution is 7.15. The molecule has 0 bridgehead atoms. The Balaban J connectivity index is 1.79. The number of nitrogens with zero attached hydrogens (tertiary/aromatic N) is 1. The number of ether oxygens (including phenoxy) is 1. The lowest BCUT2D eigenvalue weighted by Crippen LogP contribution is -2.23. The minimum Gasteiger partial charge on any atom is -0.494 e. The Kier molecular flexibility index (Phi) is 4.26. The Morgan fingerprint density at radius 1 is 1.28 bits per heavy atom. The van der Waals surface area contributed by atoms with Gasteiger partial charge >= 0.3 is 5.97 Å². The third-order valence-electron chi connectivity index (χ3n) is 5.99. The van der Waals surface area contributed by atoms with Crippen molar-refractivity contribution in [2.24, 2.45) is 5.73 Å². The van der Waals surface area contributed by atoms with E-state index >= 15 is 0 Å². The van der Waals surface area contributed by atoms with E-state index in [-0.39, 0.29) is 17.5 Å². The number of carboxylic acids is 1. The van der Waals surface area contributed by atoms with Gasteiger partial charge in [-0.3, -0.25) is 9.20 Å². The first-order valence-electron chi connectivity index (χ1n) is 9.87. The van der Waals surface area contributed by atoms with Crippen LogP contribution >= 0.6 is 11.3 Å². The van der Waals surface area contributed by atoms with E-state index in [9.17, 15) is 14.7 Å². The topological polar surface area (TPSA) is 94.0 Å². The number of rotatable bonds is 4. The number of carbonyl (C=O) groups is 1. The molecule has 0 saturated heterocycles. The second-order valence-corrected chi connectivity index (χ2v) is 9.00. The van der Waals surface area contributed by atoms with E-state index in [1.54, 1.807) is 30.7 Å². The molecule has 5 rings (SSSR count). The van der Waals surface area contributed by atoms with Crippen LogP contribution in [0.2, 0.25) is 0 Å². The number of nitrogens with two attached hydrogens (primary N) is 1. The summed E-state index contributed by atoms with van der Waals surface area (Å²) in [6.07, 6.45) is 6.79. The van der Waals surface area contributed by atoms with Crippen molar-refractivity contribution in [3.05, 3.63) is 56.3 Å². The summed E-state index contributed by atoms with van der Waals surface area (Å²) in [5.74, 6) is -0.317. The van der Waals surface area contributed by atoms with E-state index in [2.05, 4.69) is 6.07 Å². The Hall–Kier alpha value is -2.64. The monoisotopic (exact) mass is 410 g/mol. The fraction of sp³-hybridized carbons (Fsp3) is 0.364. The molecule has 3 aromatic heterocycles. The molecule has 150 valence electrons. The number of aromatic carboxylic acids is 1. The van der Waals surface area contributed by atoms with Crippen LogP contribution in [-0.4, -0.2) is 22.6 Å². The molecule has 2 aliphatic carbocycles. The lowest BCUT2D eigenvalue weighted by atomic mass is 9.94. The van der Waals surface area contributed by atoms with E-state index in [0.29, 0.717) is 11.3 Å². The zero-order valence-corrected chi connectivity index (χ0v) is 16.9. The van der Waals surface area contributed by atoms with Crippen molar-refractivity contribution in [3.63, 3.8) is 0 Å². The fourth-order valence-corrected chi connectivity index (χ4v) is 5.67. The predicted molar refractivity (Wildman–Crippen MR) is 112 cm³/mol. The molecule has 6 nitrogen and oxygen atoms in total. The molecule has 3 aromatic rings. The summed E-state index contributed by atoms with van der Waals surface area (Å²) >= 11 is 1.73. The summed E-state index contributed by atoms with van der Waals surface area (Å²) in [5, 5.41) is 9.47. The van der Waals surface area contributed by atoms with Crippen LogP contribution in [0.15, 0.2) is 29.2 Å². The Morgan fingerprint density at radius 3 is 2.72 bits per heavy atom. The number of hydrogen-bond acceptors (Lipinski definition) is 5. The second kappa shape index (κ2) is 6.71. The summed E-state index contributed by atoms with van der Waals surface area (Å²) in [6.45, 7) is 0. The van der Waals surface area contributed by atoms with E-state index in [0.717, 1.165) is 48.1 Å². The number of thiophene rings is 1. The van der Waals surface area contributed by atoms with Gasteiger partial charge in [0.2, 0.25) is 0 Å². The van der Waals surface area contributed by atoms with Crippen LogP contribution in [-0.2, 0) is 6.42 Å². The van der Waals surface area contributed by atoms with Crippen molar-refractivity contribution in [3.8, 4) is 16.2 Å². The number of fused-ring (bicyclic) bond motifs is 2. The number of aryl methyl sites for hydroxylation is 1. The van der Waals surface area contributed by atoms with Crippen LogP contribution in [0.5, 0.6) is 5.75 Å². The number of pyridine rings is 2. The van der Waals surface area contributed by atoms with Gasteiger partial charge in [0.25, 0.3) is 5.56 Å². The number of methoxy groups -OCH3 is 1. The highest BCUT2D eigenvalue weighted by Gasteiger charge is 2.31. The first kappa shape index (κ1) is 18.4. The Labute approximate surface area is 171 Å². The average Bonchev–Trinajstić information content (AvgIpc) is 3.45. The molecule has 3 heterocycles. The average molecular weight is 410 g/mol. The van der Waals surface area contributed by atoms with Crippen molar-refractivity contribution < 1.29 is 14.6 Å². The summed E-state index contributed by atoms with van der Waals surface area (Å²) in [7, 11) is 1.60. The molecule has 29 heavy (non-hydrogen) atoms. The van der Waals surface area contributed by atoms with Gasteiger partial charge in [-0.15, -0.1) is 11.3 Å². The van der Waals surface area contributed by atoms with Gasteiger partial charge in [0.1, 0.15) is 5.56 Å². The molecule has 1 fully saturated rings. The van der Waals surface area contributed by atoms with Crippen molar-refractivity contribution in [1.82, 2.24) is 4.40 Å². The second-order valence-electron chi connectivity index (χ2n) is 7.87. The molecule has 1 saturated carbocycles. The maximum atomic E-state index is 12.8. The quantitative estimate of drug-likeness (QED) is 0.679. The van der Waals surface area contributed by atoms with Crippen LogP contribution in [0, 0.1) is 0 Å². The molecule has 1 atom stereocenters. The van der Waals surface area contributed by atoms with Crippen molar-refractivity contribution >= 4 is 22.8 Å². The summed E-state index contributed by atoms with van der Waals surface area (Å²) in [5.41, 5.74) is 9.26. The predicted octanol–water partition coefficient (Wildman–Crippen LogP) is 3.95. The Morgan fingerprint density at radius 2 is 2.07 bits per heavy atom. The first-order chi connectivity index (χ1) is 14.0. The minimum absolute atomic E-state index is 0.0676. The molecule has 3 N–H and O–H groups in total. The van der Waals surface area contributed by atoms with E-state index in [1.165, 1.54) is 14.8 Å². The van der Waals surface area contributed by atoms with Gasteiger partial charge in [-0.1, -0.05) is 0 Å². The minimum atomic E-state index is -1.20. The van der Waals surface area contributed by atoms with Crippen LogP contribution in [0.4, 0.5) is 0 Å². The lowest BCUT2D eigenvalue weighted by Gasteiger charge is -2.17. The smallest absolute Gasteiger partial charge is 0.341 e. The lowest BCUT2D eigenvalue weighted by molar-refractivity contribution is 0.0694. The molecule has 7 heteroatoms. The maximum absolute atomic E-state index is 12.8. The maximum Gasteiger partial charge on any atom is 0.341 e. The SMILES string of the molecule is COc1c(-c2cc3c(s2)CCCC3N)ccn2c(=O)c(C(=O)O)cc(C3CC3)c12. The molecular weight excluding hydrogens is 388 g/mol. The molecule has 0 spiro atoms. The number of aromatic nitrogens is 1. The molecule has 0 amide bonds. The van der Waals surface area contributed by atoms with Crippen LogP contribution in [0.25, 0.3) is 16.0 Å². The summed E-state index contributed by atoms with van der Waals surface area (Å²) in [6, 6.07) is 5.61. The highest BCUT2D eigenvalue weighted by atomic mass is 32.1. The summed E-state index contributed by atoms with van der Waals surface area (Å²) in [4.78, 5) is 26.8. The van der Waals surface area contributed by atoms with E-state index < -0.39 is 11.5 Å². The number of hydrogen-bond donors (Lipinski definition) is 2.